The van der Waals surface area contributed by atoms with Crippen molar-refractivity contribution < 1.29 is 76.3 Å². The third kappa shape index (κ3) is 17.0. The maximum atomic E-state index is 14.6. The summed E-state index contributed by atoms with van der Waals surface area (Å²) in [5.41, 5.74) is 1.22. The molecule has 19 nitrogen and oxygen atoms in total. The average Bonchev–Trinajstić information content (AvgIpc) is 3.40. The molecular formula is C56H87N3O16S. The largest absolute Gasteiger partial charge is 0.460 e. The minimum atomic E-state index is -2.47. The molecule has 5 rings (SSSR count). The van der Waals surface area contributed by atoms with E-state index in [1.54, 1.807) is 45.2 Å². The Labute approximate surface area is 452 Å². The van der Waals surface area contributed by atoms with Crippen LogP contribution in [-0.4, -0.2) is 168 Å². The number of ether oxygens (including phenoxy) is 7. The number of Topliss-reactive ketones (excluding diaryl/α,β-unsaturated/α-hetero) is 3. The van der Waals surface area contributed by atoms with Gasteiger partial charge in [0.2, 0.25) is 17.0 Å². The van der Waals surface area contributed by atoms with E-state index in [-0.39, 0.29) is 42.8 Å². The van der Waals surface area contributed by atoms with Gasteiger partial charge in [-0.15, -0.1) is 0 Å². The molecule has 0 radical (unpaired) electrons. The second-order valence-electron chi connectivity index (χ2n) is 21.9. The van der Waals surface area contributed by atoms with Crippen molar-refractivity contribution >= 4 is 46.5 Å². The van der Waals surface area contributed by atoms with Crippen molar-refractivity contribution in [2.75, 3.05) is 54.2 Å². The lowest BCUT2D eigenvalue weighted by molar-refractivity contribution is -0.265. The molecule has 4 fully saturated rings. The molecule has 76 heavy (non-hydrogen) atoms. The number of rotatable bonds is 9. The first-order valence-corrected chi connectivity index (χ1v) is 28.4. The standard InChI is InChI=1S/C56H87N3O16S/c1-34-16-12-11-13-17-35(2)46(69-8)32-42-21-19-40(7)56(67,75-42)52(63)53(64)59-23-15-14-18-43(59)54(65)73-47(33-44(60)36(3)29-39(6)50(62)51(71-10)49(61)38(5)28-34)37(4)30-41-20-22-45(48(31-41)70-9)74-55(66)57-76(68)58-24-26-72-27-25-58/h11-13,16-17,29,34,36-38,40-43,45-48,50-51,62,67H,14-15,18-28,30-33H2,1-10H3,(H,57,66)/b13-11+,16-12+,35-17+,39-29+/t34-,36-,37-,38-,40-,41+,42+,43+,45-,46+,47+,48-,50-,51+,56?,76?/m1/s1. The van der Waals surface area contributed by atoms with Crippen molar-refractivity contribution in [2.45, 2.75) is 180 Å². The maximum Gasteiger partial charge on any atom is 0.420 e. The highest BCUT2D eigenvalue weighted by molar-refractivity contribution is 7.81. The number of amides is 2. The van der Waals surface area contributed by atoms with Crippen molar-refractivity contribution in [3.8, 4) is 0 Å². The van der Waals surface area contributed by atoms with Crippen LogP contribution >= 0.6 is 0 Å². The average molecular weight is 1090 g/mol. The minimum absolute atomic E-state index is 0.00615. The van der Waals surface area contributed by atoms with E-state index in [1.807, 2.05) is 51.2 Å². The van der Waals surface area contributed by atoms with E-state index in [0.717, 1.165) is 5.57 Å². The summed E-state index contributed by atoms with van der Waals surface area (Å²) in [7, 11) is 4.45. The van der Waals surface area contributed by atoms with E-state index < -0.39 is 113 Å². The van der Waals surface area contributed by atoms with Crippen LogP contribution in [0.25, 0.3) is 0 Å². The van der Waals surface area contributed by atoms with Crippen LogP contribution in [0.4, 0.5) is 4.79 Å². The topological polar surface area (TPSA) is 243 Å². The molecule has 2 amide bonds. The molecule has 0 aromatic rings. The number of esters is 1. The van der Waals surface area contributed by atoms with Gasteiger partial charge < -0.3 is 48.3 Å². The van der Waals surface area contributed by atoms with Crippen molar-refractivity contribution in [1.82, 2.24) is 13.9 Å². The summed E-state index contributed by atoms with van der Waals surface area (Å²) in [6.45, 7) is 14.2. The molecule has 5 aliphatic rings. The lowest BCUT2D eigenvalue weighted by Gasteiger charge is -2.42. The monoisotopic (exact) mass is 1090 g/mol. The second-order valence-corrected chi connectivity index (χ2v) is 23.1. The molecule has 0 aromatic carbocycles. The predicted molar refractivity (Wildman–Crippen MR) is 283 cm³/mol. The Hall–Kier alpha value is -3.99. The SMILES string of the molecule is CO[C@H]1C[C@@H]2CC[C@@H](C)C(O)(O2)C(=O)C(=O)N2CCCC[C@H]2C(=O)O[C@H]([C@H](C)C[C@@H]2CC[C@@H](OC(=O)NS(=O)N3CCOCC3)[C@H](OC)C2)CC(=O)[C@H](C)/C=C(\C)[C@@H](O)[C@@H](OC)C(=O)[C@H](C)C[C@H](C)/C=C/C=C/C=C/1C. The van der Waals surface area contributed by atoms with Gasteiger partial charge in [-0.25, -0.2) is 22.8 Å². The van der Waals surface area contributed by atoms with Crippen LogP contribution < -0.4 is 4.72 Å². The zero-order valence-corrected chi connectivity index (χ0v) is 47.3. The Kier molecular flexibility index (Phi) is 24.7. The number of carbonyl (C=O) groups excluding carboxylic acids is 6. The molecule has 4 aliphatic heterocycles. The number of hydrogen-bond donors (Lipinski definition) is 3. The summed E-state index contributed by atoms with van der Waals surface area (Å²) in [5.74, 6) is -8.58. The molecule has 20 heteroatoms. The van der Waals surface area contributed by atoms with Crippen LogP contribution in [0.5, 0.6) is 0 Å². The fraction of sp³-hybridized carbons (Fsp3) is 0.750. The molecule has 2 unspecified atom stereocenters. The summed E-state index contributed by atoms with van der Waals surface area (Å²) in [6, 6.07) is -1.20. The van der Waals surface area contributed by atoms with Gasteiger partial charge in [-0.2, -0.15) is 0 Å². The lowest BCUT2D eigenvalue weighted by Crippen LogP contribution is -2.61. The number of nitrogens with zero attached hydrogens (tertiary/aromatic N) is 2. The van der Waals surface area contributed by atoms with E-state index >= 15 is 0 Å². The molecule has 1 saturated carbocycles. The van der Waals surface area contributed by atoms with E-state index in [4.69, 9.17) is 33.2 Å². The van der Waals surface area contributed by atoms with E-state index in [1.165, 1.54) is 19.1 Å². The predicted octanol–water partition coefficient (Wildman–Crippen LogP) is 5.83. The number of aliphatic hydroxyl groups excluding tert-OH is 1. The summed E-state index contributed by atoms with van der Waals surface area (Å²) in [5, 5.41) is 23.6. The lowest BCUT2D eigenvalue weighted by atomic mass is 9.78. The van der Waals surface area contributed by atoms with Gasteiger partial charge in [0.05, 0.1) is 31.5 Å². The molecule has 1 aliphatic carbocycles. The number of hydrogen-bond acceptors (Lipinski definition) is 16. The van der Waals surface area contributed by atoms with Crippen LogP contribution in [0.15, 0.2) is 47.6 Å². The Morgan fingerprint density at radius 1 is 0.868 bits per heavy atom. The zero-order valence-electron chi connectivity index (χ0n) is 46.5. The molecule has 4 heterocycles. The fourth-order valence-corrected chi connectivity index (χ4v) is 12.0. The molecule has 0 aromatic heterocycles. The van der Waals surface area contributed by atoms with E-state index in [0.29, 0.717) is 96.1 Å². The fourth-order valence-electron chi connectivity index (χ4n) is 11.2. The quantitative estimate of drug-likeness (QED) is 0.140. The Morgan fingerprint density at radius 2 is 1.59 bits per heavy atom. The van der Waals surface area contributed by atoms with Crippen molar-refractivity contribution in [1.29, 1.82) is 0 Å². The van der Waals surface area contributed by atoms with Gasteiger partial charge in [0.25, 0.3) is 11.7 Å². The van der Waals surface area contributed by atoms with Crippen LogP contribution in [0.2, 0.25) is 0 Å². The minimum Gasteiger partial charge on any atom is -0.460 e. The van der Waals surface area contributed by atoms with Gasteiger partial charge in [-0.05, 0) is 107 Å². The number of aliphatic hydroxyl groups is 2. The van der Waals surface area contributed by atoms with Gasteiger partial charge in [-0.3, -0.25) is 19.2 Å². The first-order valence-electron chi connectivity index (χ1n) is 27.3. The summed E-state index contributed by atoms with van der Waals surface area (Å²) in [6.07, 6.45) is 9.05. The van der Waals surface area contributed by atoms with Crippen LogP contribution in [0.1, 0.15) is 126 Å². The van der Waals surface area contributed by atoms with Crippen molar-refractivity contribution in [3.63, 3.8) is 0 Å². The molecule has 2 bridgehead atoms. The summed E-state index contributed by atoms with van der Waals surface area (Å²) < 4.78 is 57.6. The normalized spacial score (nSPS) is 38.0. The Morgan fingerprint density at radius 3 is 2.28 bits per heavy atom. The highest BCUT2D eigenvalue weighted by atomic mass is 32.2. The van der Waals surface area contributed by atoms with Gasteiger partial charge >= 0.3 is 12.1 Å². The van der Waals surface area contributed by atoms with Gasteiger partial charge in [-0.1, -0.05) is 71.1 Å². The van der Waals surface area contributed by atoms with E-state index in [2.05, 4.69) is 4.72 Å². The number of morpholine rings is 1. The molecule has 428 valence electrons. The number of carbonyl (C=O) groups is 6. The molecule has 0 spiro atoms. The van der Waals surface area contributed by atoms with Gasteiger partial charge in [0, 0.05) is 71.6 Å². The van der Waals surface area contributed by atoms with Crippen molar-refractivity contribution in [3.05, 3.63) is 47.6 Å². The molecule has 3 N–H and O–H groups in total. The van der Waals surface area contributed by atoms with Crippen molar-refractivity contribution in [2.24, 2.45) is 35.5 Å². The number of piperidine rings is 1. The Bertz CT molecular complexity index is 2140. The van der Waals surface area contributed by atoms with Crippen LogP contribution in [0.3, 0.4) is 0 Å². The Balaban J connectivity index is 1.42. The van der Waals surface area contributed by atoms with Crippen LogP contribution in [0, 0.1) is 35.5 Å². The second kappa shape index (κ2) is 29.8. The third-order valence-corrected chi connectivity index (χ3v) is 17.3. The highest BCUT2D eigenvalue weighted by Crippen LogP contribution is 2.38. The zero-order chi connectivity index (χ0) is 55.9. The number of fused-ring (bicyclic) bond motifs is 3. The van der Waals surface area contributed by atoms with E-state index in [9.17, 15) is 43.2 Å². The summed E-state index contributed by atoms with van der Waals surface area (Å²) in [4.78, 5) is 85.5. The number of methoxy groups -OCH3 is 3. The van der Waals surface area contributed by atoms with Crippen LogP contribution in [-0.2, 0) is 68.3 Å². The first kappa shape index (κ1) is 62.8. The summed E-state index contributed by atoms with van der Waals surface area (Å²) >= 11 is -1.80. The number of cyclic esters (lactones) is 1. The van der Waals surface area contributed by atoms with Gasteiger partial charge in [0.1, 0.15) is 36.2 Å². The molecule has 16 atom stereocenters. The smallest absolute Gasteiger partial charge is 0.420 e. The maximum absolute atomic E-state index is 14.6. The third-order valence-electron chi connectivity index (χ3n) is 16.1. The molecular weight excluding hydrogens is 1000 g/mol. The number of nitrogens with one attached hydrogen (secondary N) is 1. The van der Waals surface area contributed by atoms with Gasteiger partial charge in [0.15, 0.2) is 5.78 Å². The highest BCUT2D eigenvalue weighted by Gasteiger charge is 2.53. The number of allylic oxidation sites excluding steroid dienone is 6. The first-order chi connectivity index (χ1) is 36.1. The number of ketones is 3. The molecule has 3 saturated heterocycles.